The van der Waals surface area contributed by atoms with Crippen molar-refractivity contribution in [1.29, 1.82) is 0 Å². The lowest BCUT2D eigenvalue weighted by Gasteiger charge is -2.27. The summed E-state index contributed by atoms with van der Waals surface area (Å²) in [6.45, 7) is 10.9. The molecule has 184 valence electrons. The Morgan fingerprint density at radius 3 is 2.49 bits per heavy atom. The Labute approximate surface area is 207 Å². The van der Waals surface area contributed by atoms with Crippen LogP contribution in [0.4, 0.5) is 11.5 Å². The van der Waals surface area contributed by atoms with Gasteiger partial charge in [-0.25, -0.2) is 9.97 Å². The minimum absolute atomic E-state index is 0.106. The summed E-state index contributed by atoms with van der Waals surface area (Å²) in [5.41, 5.74) is 10.3. The molecule has 0 unspecified atom stereocenters. The van der Waals surface area contributed by atoms with Crippen molar-refractivity contribution in [3.8, 4) is 17.0 Å². The number of nitrogens with two attached hydrogens (primary N) is 1. The van der Waals surface area contributed by atoms with Crippen LogP contribution in [0, 0.1) is 13.8 Å². The number of carbonyl (C=O) groups excluding carboxylic acids is 1. The number of benzene rings is 2. The molecule has 0 aliphatic carbocycles. The number of ether oxygens (including phenoxy) is 1. The SMILES string of the molecule is Cc1ccc(-c2cnc(Nc3ccc(OCCC[NH+]4CC[NH+](C)CC4)cc3)c(C(N)=O)n2)cc1C. The highest BCUT2D eigenvalue weighted by molar-refractivity contribution is 5.96. The third-order valence-electron chi connectivity index (χ3n) is 6.68. The van der Waals surface area contributed by atoms with Gasteiger partial charge in [-0.1, -0.05) is 12.1 Å². The lowest BCUT2D eigenvalue weighted by Crippen LogP contribution is -3.27. The number of amides is 1. The summed E-state index contributed by atoms with van der Waals surface area (Å²) < 4.78 is 5.92. The Hall–Kier alpha value is -3.49. The fourth-order valence-electron chi connectivity index (χ4n) is 4.26. The van der Waals surface area contributed by atoms with Crippen molar-refractivity contribution in [2.45, 2.75) is 20.3 Å². The van der Waals surface area contributed by atoms with E-state index in [4.69, 9.17) is 10.5 Å². The van der Waals surface area contributed by atoms with E-state index in [1.54, 1.807) is 16.0 Å². The van der Waals surface area contributed by atoms with Crippen molar-refractivity contribution in [2.24, 2.45) is 5.73 Å². The fourth-order valence-corrected chi connectivity index (χ4v) is 4.26. The number of hydrogen-bond acceptors (Lipinski definition) is 5. The normalized spacial score (nSPS) is 17.7. The number of quaternary nitrogens is 2. The number of piperazine rings is 1. The van der Waals surface area contributed by atoms with Crippen molar-refractivity contribution in [2.75, 3.05) is 51.7 Å². The maximum Gasteiger partial charge on any atom is 0.271 e. The number of nitrogens with one attached hydrogen (secondary N) is 3. The number of rotatable bonds is 9. The van der Waals surface area contributed by atoms with Crippen LogP contribution in [0.25, 0.3) is 11.3 Å². The lowest BCUT2D eigenvalue weighted by atomic mass is 10.0. The van der Waals surface area contributed by atoms with Crippen LogP contribution in [0.2, 0.25) is 0 Å². The number of aromatic nitrogens is 2. The molecule has 0 saturated carbocycles. The average molecular weight is 477 g/mol. The molecular formula is C27H36N6O2+2. The minimum Gasteiger partial charge on any atom is -0.493 e. The minimum atomic E-state index is -0.630. The van der Waals surface area contributed by atoms with Crippen molar-refractivity contribution >= 4 is 17.4 Å². The number of primary amides is 1. The standard InChI is InChI=1S/C27H34N6O2/c1-19-5-6-21(17-20(19)2)24-18-29-27(25(31-24)26(28)34)30-22-7-9-23(10-8-22)35-16-4-11-33-14-12-32(3)13-15-33/h5-10,17-18H,4,11-16H2,1-3H3,(H2,28,34)(H,29,30)/p+2. The van der Waals surface area contributed by atoms with Crippen LogP contribution < -0.4 is 25.6 Å². The first-order chi connectivity index (χ1) is 16.9. The number of hydrogen-bond donors (Lipinski definition) is 4. The van der Waals surface area contributed by atoms with E-state index in [0.717, 1.165) is 35.5 Å². The van der Waals surface area contributed by atoms with Gasteiger partial charge in [-0.15, -0.1) is 0 Å². The second kappa shape index (κ2) is 11.3. The topological polar surface area (TPSA) is 99.0 Å². The second-order valence-electron chi connectivity index (χ2n) is 9.42. The van der Waals surface area contributed by atoms with Gasteiger partial charge in [-0.05, 0) is 55.3 Å². The van der Waals surface area contributed by atoms with E-state index in [9.17, 15) is 4.79 Å². The molecule has 1 aliphatic heterocycles. The summed E-state index contributed by atoms with van der Waals surface area (Å²) in [7, 11) is 2.26. The number of carbonyl (C=O) groups is 1. The van der Waals surface area contributed by atoms with E-state index in [-0.39, 0.29) is 5.69 Å². The maximum atomic E-state index is 12.1. The number of anilines is 2. The van der Waals surface area contributed by atoms with E-state index >= 15 is 0 Å². The molecule has 1 saturated heterocycles. The van der Waals surface area contributed by atoms with E-state index in [1.807, 2.05) is 49.4 Å². The van der Waals surface area contributed by atoms with Crippen LogP contribution in [0.3, 0.4) is 0 Å². The predicted octanol–water partition coefficient (Wildman–Crippen LogP) is 0.785. The average Bonchev–Trinajstić information content (AvgIpc) is 2.86. The summed E-state index contributed by atoms with van der Waals surface area (Å²) in [6.07, 6.45) is 2.69. The number of likely N-dealkylation sites (N-methyl/N-ethyl adjacent to an activating group) is 1. The zero-order valence-electron chi connectivity index (χ0n) is 20.9. The molecule has 3 aromatic rings. The molecule has 0 atom stereocenters. The van der Waals surface area contributed by atoms with Gasteiger partial charge in [0.05, 0.1) is 32.1 Å². The van der Waals surface area contributed by atoms with Crippen LogP contribution in [0.15, 0.2) is 48.7 Å². The molecule has 0 radical (unpaired) electrons. The zero-order valence-corrected chi connectivity index (χ0v) is 20.9. The molecule has 5 N–H and O–H groups in total. The predicted molar refractivity (Wildman–Crippen MR) is 137 cm³/mol. The van der Waals surface area contributed by atoms with Crippen LogP contribution in [0.5, 0.6) is 5.75 Å². The molecule has 0 spiro atoms. The Kier molecular flexibility index (Phi) is 7.94. The van der Waals surface area contributed by atoms with Gasteiger partial charge in [0.1, 0.15) is 31.9 Å². The van der Waals surface area contributed by atoms with E-state index in [2.05, 4.69) is 29.3 Å². The second-order valence-corrected chi connectivity index (χ2v) is 9.42. The molecule has 1 amide bonds. The highest BCUT2D eigenvalue weighted by atomic mass is 16.5. The largest absolute Gasteiger partial charge is 0.493 e. The summed E-state index contributed by atoms with van der Waals surface area (Å²) in [5, 5.41) is 3.16. The highest BCUT2D eigenvalue weighted by Crippen LogP contribution is 2.25. The van der Waals surface area contributed by atoms with Gasteiger partial charge < -0.3 is 25.6 Å². The Morgan fingerprint density at radius 2 is 1.80 bits per heavy atom. The maximum absolute atomic E-state index is 12.1. The van der Waals surface area contributed by atoms with Crippen LogP contribution in [-0.4, -0.2) is 62.3 Å². The Morgan fingerprint density at radius 1 is 1.06 bits per heavy atom. The summed E-state index contributed by atoms with van der Waals surface area (Å²) in [6, 6.07) is 13.6. The summed E-state index contributed by atoms with van der Waals surface area (Å²) in [5.74, 6) is 0.518. The molecule has 1 aliphatic rings. The molecule has 1 aromatic heterocycles. The molecule has 35 heavy (non-hydrogen) atoms. The van der Waals surface area contributed by atoms with Crippen molar-refractivity contribution < 1.29 is 19.3 Å². The molecule has 2 aromatic carbocycles. The Balaban J connectivity index is 1.35. The monoisotopic (exact) mass is 476 g/mol. The van der Waals surface area contributed by atoms with Crippen molar-refractivity contribution in [1.82, 2.24) is 9.97 Å². The molecule has 8 heteroatoms. The molecule has 1 fully saturated rings. The first-order valence-corrected chi connectivity index (χ1v) is 12.3. The van der Waals surface area contributed by atoms with Gasteiger partial charge >= 0.3 is 0 Å². The molecule has 2 heterocycles. The van der Waals surface area contributed by atoms with Gasteiger partial charge in [0.15, 0.2) is 11.5 Å². The first kappa shape index (κ1) is 24.6. The van der Waals surface area contributed by atoms with Crippen LogP contribution >= 0.6 is 0 Å². The van der Waals surface area contributed by atoms with E-state index in [1.165, 1.54) is 31.7 Å². The summed E-state index contributed by atoms with van der Waals surface area (Å²) in [4.78, 5) is 24.3. The van der Waals surface area contributed by atoms with E-state index < -0.39 is 5.91 Å². The number of nitrogens with zero attached hydrogens (tertiary/aromatic N) is 2. The number of aryl methyl sites for hydroxylation is 2. The Bertz CT molecular complexity index is 1160. The third-order valence-corrected chi connectivity index (χ3v) is 6.68. The molecular weight excluding hydrogens is 440 g/mol. The van der Waals surface area contributed by atoms with Gasteiger partial charge in [0, 0.05) is 17.7 Å². The zero-order chi connectivity index (χ0) is 24.8. The quantitative estimate of drug-likeness (QED) is 0.342. The third kappa shape index (κ3) is 6.55. The van der Waals surface area contributed by atoms with Crippen LogP contribution in [0.1, 0.15) is 28.0 Å². The van der Waals surface area contributed by atoms with Crippen LogP contribution in [-0.2, 0) is 0 Å². The smallest absolute Gasteiger partial charge is 0.271 e. The fraction of sp³-hybridized carbons (Fsp3) is 0.370. The summed E-state index contributed by atoms with van der Waals surface area (Å²) >= 11 is 0. The highest BCUT2D eigenvalue weighted by Gasteiger charge is 2.19. The van der Waals surface area contributed by atoms with Gasteiger partial charge in [0.2, 0.25) is 0 Å². The van der Waals surface area contributed by atoms with Crippen molar-refractivity contribution in [3.05, 3.63) is 65.5 Å². The van der Waals surface area contributed by atoms with Gasteiger partial charge in [-0.3, -0.25) is 4.79 Å². The van der Waals surface area contributed by atoms with Gasteiger partial charge in [0.25, 0.3) is 5.91 Å². The lowest BCUT2D eigenvalue weighted by molar-refractivity contribution is -1.00. The van der Waals surface area contributed by atoms with Gasteiger partial charge in [-0.2, -0.15) is 0 Å². The van der Waals surface area contributed by atoms with Crippen molar-refractivity contribution in [3.63, 3.8) is 0 Å². The molecule has 4 rings (SSSR count). The molecule has 8 nitrogen and oxygen atoms in total. The van der Waals surface area contributed by atoms with E-state index in [0.29, 0.717) is 18.1 Å². The first-order valence-electron chi connectivity index (χ1n) is 12.3. The molecule has 0 bridgehead atoms.